The molecule has 0 aliphatic rings. The number of halogens is 1. The fraction of sp³-hybridized carbons (Fsp3) is 0.333. The third kappa shape index (κ3) is 3.64. The Morgan fingerprint density at radius 2 is 2.22 bits per heavy atom. The second-order valence-electron chi connectivity index (χ2n) is 3.32. The summed E-state index contributed by atoms with van der Waals surface area (Å²) >= 11 is 5.62. The molecule has 0 spiro atoms. The number of aromatic nitrogens is 1. The number of carboxylic acid groups (broad SMARTS) is 1. The van der Waals surface area contributed by atoms with Crippen molar-refractivity contribution in [2.45, 2.75) is 17.4 Å². The van der Waals surface area contributed by atoms with Crippen molar-refractivity contribution in [2.75, 3.05) is 6.61 Å². The molecule has 3 N–H and O–H groups in total. The molecular weight excluding hydrogens is 284 g/mol. The number of pyridine rings is 1. The zero-order valence-electron chi connectivity index (χ0n) is 9.08. The average molecular weight is 295 g/mol. The zero-order chi connectivity index (χ0) is 13.8. The number of aliphatic hydroxyl groups is 1. The molecule has 7 nitrogen and oxygen atoms in total. The molecule has 0 aromatic carbocycles. The van der Waals surface area contributed by atoms with Crippen molar-refractivity contribution in [1.29, 1.82) is 0 Å². The van der Waals surface area contributed by atoms with Crippen LogP contribution >= 0.6 is 11.6 Å². The highest BCUT2D eigenvalue weighted by Crippen LogP contribution is 2.18. The molecule has 1 atom stereocenters. The number of rotatable bonds is 6. The van der Waals surface area contributed by atoms with Gasteiger partial charge in [-0.1, -0.05) is 11.6 Å². The number of carbonyl (C=O) groups is 1. The summed E-state index contributed by atoms with van der Waals surface area (Å²) in [4.78, 5) is 14.1. The van der Waals surface area contributed by atoms with Gasteiger partial charge >= 0.3 is 5.97 Å². The highest BCUT2D eigenvalue weighted by molar-refractivity contribution is 7.89. The molecule has 0 radical (unpaired) electrons. The maximum atomic E-state index is 11.9. The second-order valence-corrected chi connectivity index (χ2v) is 5.36. The van der Waals surface area contributed by atoms with Crippen molar-refractivity contribution in [2.24, 2.45) is 0 Å². The molecule has 0 saturated carbocycles. The molecule has 0 saturated heterocycles. The van der Waals surface area contributed by atoms with E-state index in [1.807, 2.05) is 4.72 Å². The molecule has 0 unspecified atom stereocenters. The Morgan fingerprint density at radius 1 is 1.56 bits per heavy atom. The summed E-state index contributed by atoms with van der Waals surface area (Å²) in [7, 11) is -4.09. The Kier molecular flexibility index (Phi) is 5.03. The normalized spacial score (nSPS) is 13.2. The molecule has 1 heterocycles. The summed E-state index contributed by atoms with van der Waals surface area (Å²) in [5, 5.41) is 17.2. The van der Waals surface area contributed by atoms with Crippen molar-refractivity contribution in [1.82, 2.24) is 9.71 Å². The van der Waals surface area contributed by atoms with E-state index in [9.17, 15) is 13.2 Å². The van der Waals surface area contributed by atoms with E-state index in [0.717, 1.165) is 0 Å². The summed E-state index contributed by atoms with van der Waals surface area (Å²) in [5.41, 5.74) is 0. The number of sulfonamides is 1. The molecule has 0 fully saturated rings. The predicted molar refractivity (Wildman–Crippen MR) is 62.7 cm³/mol. The van der Waals surface area contributed by atoms with E-state index in [2.05, 4.69) is 4.98 Å². The molecule has 1 rings (SSSR count). The first-order valence-electron chi connectivity index (χ1n) is 4.85. The highest BCUT2D eigenvalue weighted by atomic mass is 35.5. The fourth-order valence-electron chi connectivity index (χ4n) is 1.18. The van der Waals surface area contributed by atoms with E-state index in [1.165, 1.54) is 18.3 Å². The number of hydrogen-bond donors (Lipinski definition) is 3. The molecule has 0 aliphatic carbocycles. The van der Waals surface area contributed by atoms with Crippen LogP contribution in [0.4, 0.5) is 0 Å². The first kappa shape index (κ1) is 14.8. The van der Waals surface area contributed by atoms with E-state index < -0.39 is 28.6 Å². The Bertz CT molecular complexity index is 534. The number of carboxylic acids is 1. The van der Waals surface area contributed by atoms with Gasteiger partial charge in [0.15, 0.2) is 0 Å². The van der Waals surface area contributed by atoms with Crippen LogP contribution in [0.5, 0.6) is 0 Å². The average Bonchev–Trinajstić information content (AvgIpc) is 2.28. The smallest absolute Gasteiger partial charge is 0.321 e. The lowest BCUT2D eigenvalue weighted by Gasteiger charge is -2.13. The number of aliphatic carboxylic acids is 1. The van der Waals surface area contributed by atoms with Crippen molar-refractivity contribution in [3.05, 3.63) is 23.5 Å². The Balaban J connectivity index is 3.01. The van der Waals surface area contributed by atoms with Crippen LogP contribution in [0.2, 0.25) is 5.15 Å². The first-order chi connectivity index (χ1) is 8.38. The summed E-state index contributed by atoms with van der Waals surface area (Å²) in [5.74, 6) is -1.38. The molecule has 0 amide bonds. The summed E-state index contributed by atoms with van der Waals surface area (Å²) < 4.78 is 25.7. The monoisotopic (exact) mass is 294 g/mol. The molecule has 1 aromatic rings. The Morgan fingerprint density at radius 3 is 2.72 bits per heavy atom. The quantitative estimate of drug-likeness (QED) is 0.628. The van der Waals surface area contributed by atoms with Crippen LogP contribution in [0.1, 0.15) is 6.42 Å². The van der Waals surface area contributed by atoms with E-state index in [4.69, 9.17) is 21.8 Å². The van der Waals surface area contributed by atoms with Crippen LogP contribution in [-0.4, -0.2) is 42.2 Å². The van der Waals surface area contributed by atoms with Gasteiger partial charge < -0.3 is 10.2 Å². The number of hydrogen-bond acceptors (Lipinski definition) is 5. The first-order valence-corrected chi connectivity index (χ1v) is 6.71. The van der Waals surface area contributed by atoms with Crippen molar-refractivity contribution >= 4 is 27.6 Å². The van der Waals surface area contributed by atoms with Crippen molar-refractivity contribution in [3.63, 3.8) is 0 Å². The fourth-order valence-corrected chi connectivity index (χ4v) is 2.86. The predicted octanol–water partition coefficient (Wildman–Crippen LogP) is -0.151. The molecule has 0 aliphatic heterocycles. The van der Waals surface area contributed by atoms with Crippen LogP contribution in [0.25, 0.3) is 0 Å². The number of nitrogens with zero attached hydrogens (tertiary/aromatic N) is 1. The summed E-state index contributed by atoms with van der Waals surface area (Å²) in [6, 6.07) is 1.15. The van der Waals surface area contributed by atoms with Crippen LogP contribution < -0.4 is 4.72 Å². The van der Waals surface area contributed by atoms with Gasteiger partial charge in [0.2, 0.25) is 10.0 Å². The van der Waals surface area contributed by atoms with E-state index in [0.29, 0.717) is 0 Å². The van der Waals surface area contributed by atoms with Gasteiger partial charge in [-0.05, 0) is 18.6 Å². The van der Waals surface area contributed by atoms with Gasteiger partial charge in [-0.2, -0.15) is 4.72 Å². The minimum atomic E-state index is -4.09. The lowest BCUT2D eigenvalue weighted by Crippen LogP contribution is -2.41. The van der Waals surface area contributed by atoms with Gasteiger partial charge in [-0.15, -0.1) is 0 Å². The Labute approximate surface area is 108 Å². The van der Waals surface area contributed by atoms with Crippen LogP contribution in [0, 0.1) is 0 Å². The maximum Gasteiger partial charge on any atom is 0.321 e. The standard InChI is InChI=1S/C9H11ClN2O5S/c10-8-7(2-1-4-11-8)18(16,17)12-6(3-5-13)9(14)15/h1-2,4,6,12-13H,3,5H2,(H,14,15)/t6-/m1/s1. The molecule has 100 valence electrons. The molecule has 9 heteroatoms. The van der Waals surface area contributed by atoms with Crippen LogP contribution in [0.15, 0.2) is 23.2 Å². The van der Waals surface area contributed by atoms with E-state index in [-0.39, 0.29) is 16.5 Å². The molecular formula is C9H11ClN2O5S. The second kappa shape index (κ2) is 6.10. The molecule has 1 aromatic heterocycles. The third-order valence-corrected chi connectivity index (χ3v) is 3.94. The third-order valence-electron chi connectivity index (χ3n) is 2.03. The van der Waals surface area contributed by atoms with Gasteiger partial charge in [0, 0.05) is 12.8 Å². The maximum absolute atomic E-state index is 11.9. The van der Waals surface area contributed by atoms with Gasteiger partial charge in [-0.3, -0.25) is 4.79 Å². The lowest BCUT2D eigenvalue weighted by atomic mass is 10.2. The Hall–Kier alpha value is -1.22. The SMILES string of the molecule is O=C(O)[C@@H](CCO)NS(=O)(=O)c1cccnc1Cl. The van der Waals surface area contributed by atoms with E-state index >= 15 is 0 Å². The van der Waals surface area contributed by atoms with Gasteiger partial charge in [0.05, 0.1) is 0 Å². The summed E-state index contributed by atoms with van der Waals surface area (Å²) in [6.07, 6.45) is 1.07. The molecule has 0 bridgehead atoms. The largest absolute Gasteiger partial charge is 0.480 e. The van der Waals surface area contributed by atoms with Gasteiger partial charge in [0.25, 0.3) is 0 Å². The lowest BCUT2D eigenvalue weighted by molar-refractivity contribution is -0.139. The minimum Gasteiger partial charge on any atom is -0.480 e. The van der Waals surface area contributed by atoms with E-state index in [1.54, 1.807) is 0 Å². The summed E-state index contributed by atoms with van der Waals surface area (Å²) in [6.45, 7) is -0.458. The molecule has 18 heavy (non-hydrogen) atoms. The number of nitrogens with one attached hydrogen (secondary N) is 1. The van der Waals surface area contributed by atoms with Gasteiger partial charge in [-0.25, -0.2) is 13.4 Å². The zero-order valence-corrected chi connectivity index (χ0v) is 10.6. The topological polar surface area (TPSA) is 117 Å². The number of aliphatic hydroxyl groups excluding tert-OH is 1. The van der Waals surface area contributed by atoms with Crippen molar-refractivity contribution < 1.29 is 23.4 Å². The minimum absolute atomic E-state index is 0.244. The van der Waals surface area contributed by atoms with Gasteiger partial charge in [0.1, 0.15) is 16.1 Å². The van der Waals surface area contributed by atoms with Crippen molar-refractivity contribution in [3.8, 4) is 0 Å². The van der Waals surface area contributed by atoms with Crippen LogP contribution in [0.3, 0.4) is 0 Å². The highest BCUT2D eigenvalue weighted by Gasteiger charge is 2.26. The van der Waals surface area contributed by atoms with Crippen LogP contribution in [-0.2, 0) is 14.8 Å².